The second-order valence-electron chi connectivity index (χ2n) is 5.50. The van der Waals surface area contributed by atoms with E-state index in [0.717, 1.165) is 51.1 Å². The molecule has 0 amide bonds. The molecule has 1 aliphatic rings. The van der Waals surface area contributed by atoms with Gasteiger partial charge in [-0.15, -0.1) is 35.3 Å². The van der Waals surface area contributed by atoms with E-state index in [9.17, 15) is 0 Å². The molecule has 1 aromatic rings. The molecule has 1 fully saturated rings. The maximum absolute atomic E-state index is 5.70. The van der Waals surface area contributed by atoms with Crippen LogP contribution in [-0.2, 0) is 11.2 Å². The maximum atomic E-state index is 5.70. The van der Waals surface area contributed by atoms with Crippen molar-refractivity contribution >= 4 is 41.3 Å². The normalized spacial score (nSPS) is 14.5. The topological polar surface area (TPSA) is 36.9 Å². The SMILES string of the molecule is CCNC(=NCCc1cccs1)N(C)CCOCC1CC1.I. The maximum Gasteiger partial charge on any atom is 0.193 e. The van der Waals surface area contributed by atoms with E-state index in [1.807, 2.05) is 0 Å². The minimum absolute atomic E-state index is 0. The smallest absolute Gasteiger partial charge is 0.193 e. The van der Waals surface area contributed by atoms with E-state index < -0.39 is 0 Å². The molecule has 0 saturated heterocycles. The Hall–Kier alpha value is -0.340. The Morgan fingerprint density at radius 1 is 1.50 bits per heavy atom. The molecule has 1 heterocycles. The molecule has 2 rings (SSSR count). The van der Waals surface area contributed by atoms with E-state index in [4.69, 9.17) is 9.73 Å². The summed E-state index contributed by atoms with van der Waals surface area (Å²) >= 11 is 1.80. The van der Waals surface area contributed by atoms with Gasteiger partial charge >= 0.3 is 0 Å². The van der Waals surface area contributed by atoms with Gasteiger partial charge in [-0.1, -0.05) is 6.07 Å². The largest absolute Gasteiger partial charge is 0.379 e. The average molecular weight is 437 g/mol. The first-order chi connectivity index (χ1) is 10.3. The van der Waals surface area contributed by atoms with Gasteiger partial charge in [0.15, 0.2) is 5.96 Å². The highest BCUT2D eigenvalue weighted by atomic mass is 127. The quantitative estimate of drug-likeness (QED) is 0.279. The Labute approximate surface area is 155 Å². The van der Waals surface area contributed by atoms with Crippen LogP contribution in [0.2, 0.25) is 0 Å². The summed E-state index contributed by atoms with van der Waals surface area (Å²) < 4.78 is 5.70. The highest BCUT2D eigenvalue weighted by molar-refractivity contribution is 14.0. The van der Waals surface area contributed by atoms with Gasteiger partial charge in [-0.05, 0) is 37.1 Å². The van der Waals surface area contributed by atoms with E-state index in [-0.39, 0.29) is 24.0 Å². The van der Waals surface area contributed by atoms with Crippen molar-refractivity contribution < 1.29 is 4.74 Å². The molecule has 22 heavy (non-hydrogen) atoms. The second-order valence-corrected chi connectivity index (χ2v) is 6.54. The van der Waals surface area contributed by atoms with Crippen molar-refractivity contribution in [2.45, 2.75) is 26.2 Å². The molecular weight excluding hydrogens is 409 g/mol. The number of likely N-dealkylation sites (N-methyl/N-ethyl adjacent to an activating group) is 1. The van der Waals surface area contributed by atoms with Gasteiger partial charge < -0.3 is 15.0 Å². The van der Waals surface area contributed by atoms with Crippen LogP contribution in [0, 0.1) is 5.92 Å². The number of nitrogens with one attached hydrogen (secondary N) is 1. The van der Waals surface area contributed by atoms with Gasteiger partial charge in [-0.3, -0.25) is 4.99 Å². The van der Waals surface area contributed by atoms with Crippen LogP contribution in [0.3, 0.4) is 0 Å². The molecule has 0 radical (unpaired) electrons. The van der Waals surface area contributed by atoms with Gasteiger partial charge in [0.05, 0.1) is 6.61 Å². The van der Waals surface area contributed by atoms with Crippen molar-refractivity contribution in [2.24, 2.45) is 10.9 Å². The zero-order chi connectivity index (χ0) is 14.9. The highest BCUT2D eigenvalue weighted by Gasteiger charge is 2.21. The number of rotatable bonds is 9. The molecule has 1 saturated carbocycles. The lowest BCUT2D eigenvalue weighted by molar-refractivity contribution is 0.115. The van der Waals surface area contributed by atoms with Gasteiger partial charge in [-0.25, -0.2) is 0 Å². The number of ether oxygens (including phenoxy) is 1. The van der Waals surface area contributed by atoms with Gasteiger partial charge in [0.1, 0.15) is 0 Å². The Morgan fingerprint density at radius 3 is 2.95 bits per heavy atom. The van der Waals surface area contributed by atoms with Crippen molar-refractivity contribution in [1.82, 2.24) is 10.2 Å². The molecule has 126 valence electrons. The summed E-state index contributed by atoms with van der Waals surface area (Å²) in [6.07, 6.45) is 3.71. The molecule has 0 spiro atoms. The number of thiophene rings is 1. The van der Waals surface area contributed by atoms with E-state index in [0.29, 0.717) is 0 Å². The summed E-state index contributed by atoms with van der Waals surface area (Å²) in [5.74, 6) is 1.81. The Morgan fingerprint density at radius 2 is 2.32 bits per heavy atom. The summed E-state index contributed by atoms with van der Waals surface area (Å²) in [5, 5.41) is 5.47. The number of hydrogen-bond acceptors (Lipinski definition) is 3. The molecular formula is C16H28IN3OS. The van der Waals surface area contributed by atoms with Crippen LogP contribution in [0.25, 0.3) is 0 Å². The third kappa shape index (κ3) is 7.78. The first-order valence-electron chi connectivity index (χ1n) is 7.89. The standard InChI is InChI=1S/C16H27N3OS.HI/c1-3-17-16(18-9-8-15-5-4-12-21-15)19(2)10-11-20-13-14-6-7-14;/h4-5,12,14H,3,6-11,13H2,1-2H3,(H,17,18);1H. The molecule has 0 aliphatic heterocycles. The molecule has 0 atom stereocenters. The molecule has 6 heteroatoms. The third-order valence-electron chi connectivity index (χ3n) is 3.52. The minimum Gasteiger partial charge on any atom is -0.379 e. The minimum atomic E-state index is 0. The number of aliphatic imine (C=N–C) groups is 1. The van der Waals surface area contributed by atoms with E-state index >= 15 is 0 Å². The predicted octanol–water partition coefficient (Wildman–Crippen LogP) is 3.23. The number of guanidine groups is 1. The van der Waals surface area contributed by atoms with E-state index in [1.54, 1.807) is 11.3 Å². The van der Waals surface area contributed by atoms with Crippen molar-refractivity contribution in [3.63, 3.8) is 0 Å². The fourth-order valence-corrected chi connectivity index (χ4v) is 2.74. The zero-order valence-corrected chi connectivity index (χ0v) is 16.7. The van der Waals surface area contributed by atoms with E-state index in [2.05, 4.69) is 41.7 Å². The summed E-state index contributed by atoms with van der Waals surface area (Å²) in [7, 11) is 2.08. The zero-order valence-electron chi connectivity index (χ0n) is 13.6. The van der Waals surface area contributed by atoms with Gasteiger partial charge in [0, 0.05) is 44.6 Å². The fourth-order valence-electron chi connectivity index (χ4n) is 2.04. The molecule has 1 aromatic heterocycles. The average Bonchev–Trinajstić information content (AvgIpc) is 3.17. The van der Waals surface area contributed by atoms with Crippen molar-refractivity contribution in [3.05, 3.63) is 22.4 Å². The van der Waals surface area contributed by atoms with Crippen LogP contribution in [0.5, 0.6) is 0 Å². The summed E-state index contributed by atoms with van der Waals surface area (Å²) in [5.41, 5.74) is 0. The van der Waals surface area contributed by atoms with Crippen molar-refractivity contribution in [2.75, 3.05) is 39.9 Å². The lowest BCUT2D eigenvalue weighted by atomic mass is 10.3. The van der Waals surface area contributed by atoms with E-state index in [1.165, 1.54) is 17.7 Å². The van der Waals surface area contributed by atoms with Crippen LogP contribution in [0.1, 0.15) is 24.6 Å². The van der Waals surface area contributed by atoms with Crippen LogP contribution < -0.4 is 5.32 Å². The van der Waals surface area contributed by atoms with Gasteiger partial charge in [0.2, 0.25) is 0 Å². The molecule has 1 aliphatic carbocycles. The highest BCUT2D eigenvalue weighted by Crippen LogP contribution is 2.28. The monoisotopic (exact) mass is 437 g/mol. The molecule has 0 bridgehead atoms. The number of nitrogens with zero attached hydrogens (tertiary/aromatic N) is 2. The Balaban J connectivity index is 0.00000242. The van der Waals surface area contributed by atoms with Crippen molar-refractivity contribution in [1.29, 1.82) is 0 Å². The third-order valence-corrected chi connectivity index (χ3v) is 4.45. The first-order valence-corrected chi connectivity index (χ1v) is 8.77. The number of hydrogen-bond donors (Lipinski definition) is 1. The summed E-state index contributed by atoms with van der Waals surface area (Å²) in [4.78, 5) is 8.25. The molecule has 1 N–H and O–H groups in total. The first kappa shape index (κ1) is 19.7. The van der Waals surface area contributed by atoms with Crippen molar-refractivity contribution in [3.8, 4) is 0 Å². The van der Waals surface area contributed by atoms with Crippen LogP contribution in [0.4, 0.5) is 0 Å². The number of halogens is 1. The molecule has 0 unspecified atom stereocenters. The van der Waals surface area contributed by atoms with Crippen LogP contribution in [0.15, 0.2) is 22.5 Å². The fraction of sp³-hybridized carbons (Fsp3) is 0.688. The summed E-state index contributed by atoms with van der Waals surface area (Å²) in [6.45, 7) is 6.42. The molecule has 4 nitrogen and oxygen atoms in total. The lowest BCUT2D eigenvalue weighted by Crippen LogP contribution is -2.40. The van der Waals surface area contributed by atoms with Gasteiger partial charge in [-0.2, -0.15) is 0 Å². The summed E-state index contributed by atoms with van der Waals surface area (Å²) in [6, 6.07) is 4.26. The van der Waals surface area contributed by atoms with Crippen LogP contribution >= 0.6 is 35.3 Å². The predicted molar refractivity (Wildman–Crippen MR) is 106 cm³/mol. The Bertz CT molecular complexity index is 421. The van der Waals surface area contributed by atoms with Gasteiger partial charge in [0.25, 0.3) is 0 Å². The second kappa shape index (κ2) is 11.2. The van der Waals surface area contributed by atoms with Crippen LogP contribution in [-0.4, -0.2) is 50.8 Å². The Kier molecular flexibility index (Phi) is 10.1. The lowest BCUT2D eigenvalue weighted by Gasteiger charge is -2.22. The molecule has 0 aromatic carbocycles.